The first-order valence-corrected chi connectivity index (χ1v) is 21.0. The predicted molar refractivity (Wildman–Crippen MR) is 230 cm³/mol. The Hall–Kier alpha value is -5.60. The molecule has 2 aliphatic heterocycles. The van der Waals surface area contributed by atoms with Crippen LogP contribution in [0.2, 0.25) is 10.3 Å². The molecule has 2 fully saturated rings. The van der Waals surface area contributed by atoms with Crippen LogP contribution in [-0.4, -0.2) is 93.1 Å². The number of halogens is 2. The number of carbonyl (C=O) groups is 4. The third-order valence-electron chi connectivity index (χ3n) is 11.4. The molecule has 4 amide bonds. The number of methoxy groups -OCH3 is 2. The van der Waals surface area contributed by atoms with Gasteiger partial charge in [0.15, 0.2) is 0 Å². The van der Waals surface area contributed by atoms with Gasteiger partial charge in [-0.1, -0.05) is 99.4 Å². The van der Waals surface area contributed by atoms with E-state index in [-0.39, 0.29) is 35.7 Å². The summed E-state index contributed by atoms with van der Waals surface area (Å²) in [5.74, 6) is 0.562. The molecule has 4 heterocycles. The second-order valence-corrected chi connectivity index (χ2v) is 16.8. The van der Waals surface area contributed by atoms with E-state index >= 15 is 0 Å². The van der Waals surface area contributed by atoms with Gasteiger partial charge in [-0.2, -0.15) is 0 Å². The Morgan fingerprint density at radius 3 is 1.48 bits per heavy atom. The number of H-pyrrole nitrogens is 2. The number of ether oxygens (including phenoxy) is 2. The first kappa shape index (κ1) is 42.5. The minimum absolute atomic E-state index is 0.139. The van der Waals surface area contributed by atoms with Crippen molar-refractivity contribution in [1.29, 1.82) is 0 Å². The molecule has 0 radical (unpaired) electrons. The Bertz CT molecular complexity index is 2400. The van der Waals surface area contributed by atoms with Crippen molar-refractivity contribution in [3.05, 3.63) is 82.6 Å². The zero-order chi connectivity index (χ0) is 42.8. The Morgan fingerprint density at radius 2 is 1.03 bits per heavy atom. The molecule has 14 nitrogen and oxygen atoms in total. The van der Waals surface area contributed by atoms with E-state index in [0.29, 0.717) is 52.9 Å². The summed E-state index contributed by atoms with van der Waals surface area (Å²) in [6.45, 7) is 8.62. The Morgan fingerprint density at radius 1 is 0.633 bits per heavy atom. The number of fused-ring (bicyclic) bond motifs is 1. The highest BCUT2D eigenvalue weighted by Crippen LogP contribution is 2.38. The van der Waals surface area contributed by atoms with Crippen molar-refractivity contribution >= 4 is 58.0 Å². The molecule has 316 valence electrons. The molecule has 2 aliphatic rings. The number of benzene rings is 3. The van der Waals surface area contributed by atoms with E-state index in [1.165, 1.54) is 14.2 Å². The van der Waals surface area contributed by atoms with Crippen molar-refractivity contribution in [3.63, 3.8) is 0 Å². The Balaban J connectivity index is 1.06. The molecular weight excluding hydrogens is 807 g/mol. The summed E-state index contributed by atoms with van der Waals surface area (Å²) in [6.07, 6.45) is 1.74. The highest BCUT2D eigenvalue weighted by atomic mass is 35.5. The highest BCUT2D eigenvalue weighted by Gasteiger charge is 2.39. The van der Waals surface area contributed by atoms with Crippen LogP contribution in [0.25, 0.3) is 44.4 Å². The van der Waals surface area contributed by atoms with Crippen molar-refractivity contribution < 1.29 is 28.7 Å². The molecule has 0 aliphatic carbocycles. The molecule has 0 bridgehead atoms. The Labute approximate surface area is 358 Å². The minimum atomic E-state index is -0.731. The number of rotatable bonds is 11. The van der Waals surface area contributed by atoms with E-state index in [4.69, 9.17) is 42.6 Å². The average molecular weight is 858 g/mol. The molecule has 5 aromatic rings. The summed E-state index contributed by atoms with van der Waals surface area (Å²) in [5, 5.41) is 8.19. The van der Waals surface area contributed by atoms with Crippen LogP contribution in [0.15, 0.2) is 60.7 Å². The highest BCUT2D eigenvalue weighted by molar-refractivity contribution is 6.32. The zero-order valence-corrected chi connectivity index (χ0v) is 36.0. The Kier molecular flexibility index (Phi) is 12.7. The van der Waals surface area contributed by atoms with Crippen molar-refractivity contribution in [2.75, 3.05) is 27.3 Å². The topological polar surface area (TPSA) is 175 Å². The number of likely N-dealkylation sites (tertiary alicyclic amines) is 2. The van der Waals surface area contributed by atoms with Crippen LogP contribution in [0.5, 0.6) is 0 Å². The molecule has 1 unspecified atom stereocenters. The summed E-state index contributed by atoms with van der Waals surface area (Å²) in [5.41, 5.74) is 4.91. The first-order valence-electron chi connectivity index (χ1n) is 20.2. The molecule has 2 aromatic heterocycles. The summed E-state index contributed by atoms with van der Waals surface area (Å²) >= 11 is 13.5. The van der Waals surface area contributed by atoms with Crippen molar-refractivity contribution in [2.45, 2.75) is 77.5 Å². The summed E-state index contributed by atoms with van der Waals surface area (Å²) in [4.78, 5) is 71.0. The number of nitrogens with one attached hydrogen (secondary N) is 4. The molecule has 2 saturated heterocycles. The molecule has 0 spiro atoms. The summed E-state index contributed by atoms with van der Waals surface area (Å²) in [6, 6.07) is 18.3. The van der Waals surface area contributed by atoms with Crippen LogP contribution < -0.4 is 10.6 Å². The van der Waals surface area contributed by atoms with Crippen LogP contribution in [0.1, 0.15) is 77.1 Å². The van der Waals surface area contributed by atoms with Crippen LogP contribution in [-0.2, 0) is 19.1 Å². The number of hydrogen-bond acceptors (Lipinski definition) is 8. The van der Waals surface area contributed by atoms with E-state index in [0.717, 1.165) is 52.3 Å². The van der Waals surface area contributed by atoms with Crippen LogP contribution >= 0.6 is 23.2 Å². The van der Waals surface area contributed by atoms with Crippen LogP contribution in [0, 0.1) is 11.8 Å². The summed E-state index contributed by atoms with van der Waals surface area (Å²) < 4.78 is 9.52. The molecule has 7 rings (SSSR count). The van der Waals surface area contributed by atoms with E-state index in [1.807, 2.05) is 64.1 Å². The molecule has 4 N–H and O–H groups in total. The van der Waals surface area contributed by atoms with Crippen molar-refractivity contribution in [1.82, 2.24) is 40.4 Å². The quantitative estimate of drug-likeness (QED) is 0.102. The van der Waals surface area contributed by atoms with E-state index < -0.39 is 24.3 Å². The smallest absolute Gasteiger partial charge is 0.407 e. The van der Waals surface area contributed by atoms with Crippen LogP contribution in [0.3, 0.4) is 0 Å². The van der Waals surface area contributed by atoms with E-state index in [2.05, 4.69) is 44.9 Å². The second-order valence-electron chi connectivity index (χ2n) is 16.0. The fraction of sp³-hybridized carbons (Fsp3) is 0.409. The normalized spacial score (nSPS) is 17.6. The third-order valence-corrected chi connectivity index (χ3v) is 12.0. The predicted octanol–water partition coefficient (Wildman–Crippen LogP) is 8.68. The first-order chi connectivity index (χ1) is 28.8. The summed E-state index contributed by atoms with van der Waals surface area (Å²) in [7, 11) is 2.55. The van der Waals surface area contributed by atoms with Gasteiger partial charge in [-0.25, -0.2) is 19.6 Å². The second kappa shape index (κ2) is 17.9. The SMILES string of the molecule is COC(=O)NC(C(=O)N1CCC[C@H]1c1nc(-c2ccc3cc(-c4ccc(-c5nc([C@@H]6CCCN6C(=O)[C@@H](NC(=O)OC)C(C)C)[nH]c5Cl)cc4)ccc3c2)c(Cl)[nH]1)C(C)C. The standard InChI is InChI=1S/C44H50Cl2N8O6/c1-23(2)33(49-43(57)59-5)41(55)53-19-7-9-31(53)39-47-35(37(45)51-39)26-13-11-25(12-14-26)27-15-16-29-22-30(18-17-28(29)21-27)36-38(46)52-40(48-36)32-10-8-20-54(32)42(56)34(24(3)4)50-44(58)60-6/h11-18,21-24,31-34H,7-10,19-20H2,1-6H3,(H,47,51)(H,48,52)(H,49,57)(H,50,58)/t31-,32-,33-,34?/m0/s1. The fourth-order valence-corrected chi connectivity index (χ4v) is 8.71. The van der Waals surface area contributed by atoms with Gasteiger partial charge in [0.25, 0.3) is 0 Å². The molecule has 16 heteroatoms. The lowest BCUT2D eigenvalue weighted by atomic mass is 9.98. The molecule has 0 saturated carbocycles. The van der Waals surface area contributed by atoms with Gasteiger partial charge < -0.3 is 39.9 Å². The fourth-order valence-electron chi connectivity index (χ4n) is 8.22. The lowest BCUT2D eigenvalue weighted by molar-refractivity contribution is -0.136. The number of carbonyl (C=O) groups excluding carboxylic acids is 4. The van der Waals surface area contributed by atoms with Crippen molar-refractivity contribution in [3.8, 4) is 33.6 Å². The number of nitrogens with zero attached hydrogens (tertiary/aromatic N) is 4. The van der Waals surface area contributed by atoms with E-state index in [1.54, 1.807) is 9.80 Å². The number of hydrogen-bond donors (Lipinski definition) is 4. The van der Waals surface area contributed by atoms with Gasteiger partial charge in [-0.3, -0.25) is 9.59 Å². The van der Waals surface area contributed by atoms with Gasteiger partial charge in [0.05, 0.1) is 26.3 Å². The minimum Gasteiger partial charge on any atom is -0.453 e. The lowest BCUT2D eigenvalue weighted by Gasteiger charge is -2.29. The number of alkyl carbamates (subject to hydrolysis) is 2. The largest absolute Gasteiger partial charge is 0.453 e. The molecule has 3 aromatic carbocycles. The van der Waals surface area contributed by atoms with E-state index in [9.17, 15) is 19.2 Å². The number of aromatic amines is 2. The lowest BCUT2D eigenvalue weighted by Crippen LogP contribution is -2.51. The monoisotopic (exact) mass is 856 g/mol. The van der Waals surface area contributed by atoms with Gasteiger partial charge in [0, 0.05) is 24.2 Å². The zero-order valence-electron chi connectivity index (χ0n) is 34.5. The molecular formula is C44H50Cl2N8O6. The number of imidazole rings is 2. The van der Waals surface area contributed by atoms with Gasteiger partial charge in [0.2, 0.25) is 11.8 Å². The molecule has 4 atom stereocenters. The maximum Gasteiger partial charge on any atom is 0.407 e. The van der Waals surface area contributed by atoms with Gasteiger partial charge in [0.1, 0.15) is 45.4 Å². The molecule has 60 heavy (non-hydrogen) atoms. The average Bonchev–Trinajstić information content (AvgIpc) is 4.07. The van der Waals surface area contributed by atoms with Crippen LogP contribution in [0.4, 0.5) is 9.59 Å². The van der Waals surface area contributed by atoms with Gasteiger partial charge >= 0.3 is 12.2 Å². The third kappa shape index (κ3) is 8.66. The maximum absolute atomic E-state index is 13.6. The maximum atomic E-state index is 13.6. The van der Waals surface area contributed by atoms with Crippen molar-refractivity contribution in [2.24, 2.45) is 11.8 Å². The van der Waals surface area contributed by atoms with Gasteiger partial charge in [-0.15, -0.1) is 0 Å². The number of amides is 4. The number of aromatic nitrogens is 4. The van der Waals surface area contributed by atoms with Gasteiger partial charge in [-0.05, 0) is 71.6 Å².